The zero-order valence-electron chi connectivity index (χ0n) is 38.2. The van der Waals surface area contributed by atoms with Gasteiger partial charge in [0.15, 0.2) is 0 Å². The van der Waals surface area contributed by atoms with Crippen LogP contribution in [0.2, 0.25) is 0 Å². The largest absolute Gasteiger partial charge is 0.459 e. The second kappa shape index (κ2) is 22.1. The average Bonchev–Trinajstić information content (AvgIpc) is 3.88. The van der Waals surface area contributed by atoms with Gasteiger partial charge in [0.05, 0.1) is 30.5 Å². The summed E-state index contributed by atoms with van der Waals surface area (Å²) in [5.41, 5.74) is 2.30. The van der Waals surface area contributed by atoms with Crippen molar-refractivity contribution < 1.29 is 50.8 Å². The molecule has 0 aliphatic carbocycles. The van der Waals surface area contributed by atoms with Crippen LogP contribution in [0.25, 0.3) is 0 Å². The van der Waals surface area contributed by atoms with Gasteiger partial charge < -0.3 is 24.8 Å². The van der Waals surface area contributed by atoms with Crippen LogP contribution in [-0.2, 0) is 33.3 Å². The SMILES string of the molecule is CC(C(=O)OC(C)(C)C)N1CCN(CC2CN(c3ccc(C(=N)NC(=O)c4cccnc4)cc3)C(=O)O2)CC1.CS(=O)(=O)OCC1CN(c2ccc(C(=N)NC(=O)c3cccnc3)cc2)C(=O)O1. The Balaban J connectivity index is 0.000000234. The van der Waals surface area contributed by atoms with Crippen molar-refractivity contribution in [1.29, 1.82) is 10.8 Å². The summed E-state index contributed by atoms with van der Waals surface area (Å²) in [7, 11) is -3.63. The van der Waals surface area contributed by atoms with Crippen LogP contribution in [0.4, 0.5) is 21.0 Å². The molecular weight excluding hydrogens is 901 g/mol. The van der Waals surface area contributed by atoms with Crippen LogP contribution < -0.4 is 20.4 Å². The zero-order chi connectivity index (χ0) is 49.2. The van der Waals surface area contributed by atoms with Gasteiger partial charge in [0.1, 0.15) is 42.1 Å². The molecule has 0 radical (unpaired) electrons. The molecule has 4 N–H and O–H groups in total. The fourth-order valence-corrected chi connectivity index (χ4v) is 7.53. The molecule has 3 unspecified atom stereocenters. The molecule has 21 nitrogen and oxygen atoms in total. The van der Waals surface area contributed by atoms with Crippen molar-refractivity contribution in [3.05, 3.63) is 120 Å². The number of amidine groups is 2. The Hall–Kier alpha value is -7.14. The molecule has 3 atom stereocenters. The van der Waals surface area contributed by atoms with Gasteiger partial charge in [-0.05, 0) is 100 Å². The lowest BCUT2D eigenvalue weighted by Gasteiger charge is -2.38. The molecule has 4 amide bonds. The molecule has 3 fully saturated rings. The third-order valence-electron chi connectivity index (χ3n) is 10.6. The van der Waals surface area contributed by atoms with E-state index in [0.29, 0.717) is 46.7 Å². The van der Waals surface area contributed by atoms with E-state index in [4.69, 9.17) is 25.0 Å². The lowest BCUT2D eigenvalue weighted by molar-refractivity contribution is -0.161. The molecule has 3 saturated heterocycles. The Morgan fingerprint density at radius 3 is 1.62 bits per heavy atom. The molecule has 0 saturated carbocycles. The van der Waals surface area contributed by atoms with E-state index in [2.05, 4.69) is 34.6 Å². The van der Waals surface area contributed by atoms with Crippen molar-refractivity contribution in [3.63, 3.8) is 0 Å². The van der Waals surface area contributed by atoms with Crippen molar-refractivity contribution in [2.45, 2.75) is 51.5 Å². The minimum Gasteiger partial charge on any atom is -0.459 e. The van der Waals surface area contributed by atoms with Crippen molar-refractivity contribution in [1.82, 2.24) is 30.4 Å². The molecule has 360 valence electrons. The standard InChI is InChI=1S/C28H36N6O5.C18H18N4O6S/c1-19(26(36)39-28(2,3)4)33-14-12-32(13-15-33)17-23-18-34(27(37)38-23)22-9-7-20(8-10-22)24(29)31-25(35)21-6-5-11-30-16-21;1-29(25,26)27-11-15-10-22(18(24)28-15)14-6-4-12(5-7-14)16(19)21-17(23)13-3-2-8-20-9-13/h5-11,16,19,23H,12-15,17-18H2,1-4H3,(H2,29,31,35);2-9,15H,10-11H2,1H3,(H2,19,21,23). The van der Waals surface area contributed by atoms with Gasteiger partial charge in [0, 0.05) is 80.0 Å². The third kappa shape index (κ3) is 14.2. The normalized spacial score (nSPS) is 18.1. The van der Waals surface area contributed by atoms with Gasteiger partial charge in [0.2, 0.25) is 0 Å². The van der Waals surface area contributed by atoms with Gasteiger partial charge in [0.25, 0.3) is 21.9 Å². The summed E-state index contributed by atoms with van der Waals surface area (Å²) in [6.07, 6.45) is 4.84. The molecule has 7 rings (SSSR count). The number of nitrogens with one attached hydrogen (secondary N) is 4. The average molecular weight is 955 g/mol. The highest BCUT2D eigenvalue weighted by Gasteiger charge is 2.36. The first-order chi connectivity index (χ1) is 32.2. The van der Waals surface area contributed by atoms with E-state index in [-0.39, 0.29) is 42.9 Å². The molecule has 2 aromatic heterocycles. The maximum atomic E-state index is 12.6. The van der Waals surface area contributed by atoms with Gasteiger partial charge in [-0.1, -0.05) is 0 Å². The second-order valence-electron chi connectivity index (χ2n) is 17.0. The highest BCUT2D eigenvalue weighted by Crippen LogP contribution is 2.25. The number of nitrogens with zero attached hydrogens (tertiary/aromatic N) is 6. The number of cyclic esters (lactones) is 2. The first-order valence-electron chi connectivity index (χ1n) is 21.5. The van der Waals surface area contributed by atoms with E-state index in [0.717, 1.165) is 32.4 Å². The molecule has 2 aromatic carbocycles. The maximum absolute atomic E-state index is 12.6. The number of anilines is 2. The summed E-state index contributed by atoms with van der Waals surface area (Å²) in [6, 6.07) is 19.4. The number of hydrogen-bond acceptors (Lipinski definition) is 17. The Morgan fingerprint density at radius 1 is 0.735 bits per heavy atom. The zero-order valence-corrected chi connectivity index (χ0v) is 39.0. The Bertz CT molecular complexity index is 2570. The Morgan fingerprint density at radius 2 is 1.19 bits per heavy atom. The van der Waals surface area contributed by atoms with Gasteiger partial charge >= 0.3 is 18.2 Å². The molecule has 3 aliphatic rings. The van der Waals surface area contributed by atoms with Crippen LogP contribution in [0.3, 0.4) is 0 Å². The number of esters is 1. The number of benzene rings is 2. The number of aromatic nitrogens is 2. The number of rotatable bonds is 13. The molecule has 3 aliphatic heterocycles. The second-order valence-corrected chi connectivity index (χ2v) is 18.6. The van der Waals surface area contributed by atoms with Crippen LogP contribution >= 0.6 is 0 Å². The summed E-state index contributed by atoms with van der Waals surface area (Å²) < 4.78 is 43.0. The van der Waals surface area contributed by atoms with Gasteiger partial charge in [-0.2, -0.15) is 8.42 Å². The molecule has 5 heterocycles. The number of ether oxygens (including phenoxy) is 3. The fourth-order valence-electron chi connectivity index (χ4n) is 7.13. The summed E-state index contributed by atoms with van der Waals surface area (Å²) >= 11 is 0. The van der Waals surface area contributed by atoms with E-state index < -0.39 is 45.8 Å². The molecule has 68 heavy (non-hydrogen) atoms. The quantitative estimate of drug-likeness (QED) is 0.0490. The van der Waals surface area contributed by atoms with Gasteiger partial charge in [-0.3, -0.25) is 59.0 Å². The lowest BCUT2D eigenvalue weighted by Crippen LogP contribution is -2.54. The lowest BCUT2D eigenvalue weighted by atomic mass is 10.1. The fraction of sp³-hybridized carbons (Fsp3) is 0.370. The van der Waals surface area contributed by atoms with E-state index in [1.165, 1.54) is 17.3 Å². The number of pyridine rings is 2. The first kappa shape index (κ1) is 50.3. The smallest absolute Gasteiger partial charge is 0.414 e. The van der Waals surface area contributed by atoms with Gasteiger partial charge in [-0.25, -0.2) is 9.59 Å². The van der Waals surface area contributed by atoms with Crippen LogP contribution in [0.5, 0.6) is 0 Å². The number of carbonyl (C=O) groups excluding carboxylic acids is 5. The number of carbonyl (C=O) groups is 5. The van der Waals surface area contributed by atoms with Crippen LogP contribution in [0, 0.1) is 10.8 Å². The Kier molecular flexibility index (Phi) is 16.3. The summed E-state index contributed by atoms with van der Waals surface area (Å²) in [5, 5.41) is 21.3. The molecule has 0 spiro atoms. The van der Waals surface area contributed by atoms with Crippen molar-refractivity contribution in [2.24, 2.45) is 0 Å². The van der Waals surface area contributed by atoms with E-state index >= 15 is 0 Å². The predicted molar refractivity (Wildman–Crippen MR) is 249 cm³/mol. The highest BCUT2D eigenvalue weighted by atomic mass is 32.2. The van der Waals surface area contributed by atoms with Crippen molar-refractivity contribution in [2.75, 3.05) is 68.5 Å². The third-order valence-corrected chi connectivity index (χ3v) is 11.2. The molecule has 0 bridgehead atoms. The van der Waals surface area contributed by atoms with E-state index in [9.17, 15) is 32.4 Å². The van der Waals surface area contributed by atoms with Crippen LogP contribution in [0.15, 0.2) is 97.6 Å². The summed E-state index contributed by atoms with van der Waals surface area (Å²) in [6.45, 7) is 11.4. The number of piperazine rings is 1. The van der Waals surface area contributed by atoms with Gasteiger partial charge in [-0.15, -0.1) is 0 Å². The summed E-state index contributed by atoms with van der Waals surface area (Å²) in [4.78, 5) is 76.5. The van der Waals surface area contributed by atoms with E-state index in [1.807, 2.05) is 27.7 Å². The Labute approximate surface area is 393 Å². The highest BCUT2D eigenvalue weighted by molar-refractivity contribution is 7.86. The molecule has 22 heteroatoms. The first-order valence-corrected chi connectivity index (χ1v) is 23.4. The monoisotopic (exact) mass is 954 g/mol. The minimum absolute atomic E-state index is 0.0441. The molecule has 4 aromatic rings. The van der Waals surface area contributed by atoms with Crippen LogP contribution in [0.1, 0.15) is 59.5 Å². The van der Waals surface area contributed by atoms with Crippen LogP contribution in [-0.4, -0.2) is 152 Å². The van der Waals surface area contributed by atoms with Crippen molar-refractivity contribution in [3.8, 4) is 0 Å². The minimum atomic E-state index is -3.63. The number of amides is 4. The predicted octanol–water partition coefficient (Wildman–Crippen LogP) is 3.65. The summed E-state index contributed by atoms with van der Waals surface area (Å²) in [5.74, 6) is -1.23. The maximum Gasteiger partial charge on any atom is 0.414 e. The topological polar surface area (TPSA) is 267 Å². The number of hydrogen-bond donors (Lipinski definition) is 4. The van der Waals surface area contributed by atoms with E-state index in [1.54, 1.807) is 90.1 Å². The molecular formula is C46H54N10O11S. The van der Waals surface area contributed by atoms with Crippen molar-refractivity contribution >= 4 is 63.1 Å².